The van der Waals surface area contributed by atoms with Gasteiger partial charge in [-0.3, -0.25) is 4.79 Å². The van der Waals surface area contributed by atoms with Crippen LogP contribution in [0.4, 0.5) is 4.39 Å². The van der Waals surface area contributed by atoms with Gasteiger partial charge in [-0.15, -0.1) is 11.3 Å². The Hall–Kier alpha value is -1.79. The standard InChI is InChI=1S/C18H24FN3OS/c1-4-22(5-2)12-6-11-20-17(23)16-13(3)21-18(24-16)14-7-9-15(19)10-8-14/h7-10H,4-6,11-12H2,1-3H3,(H,20,23). The molecule has 0 aliphatic rings. The summed E-state index contributed by atoms with van der Waals surface area (Å²) < 4.78 is 13.0. The van der Waals surface area contributed by atoms with Crippen LogP contribution in [0, 0.1) is 12.7 Å². The summed E-state index contributed by atoms with van der Waals surface area (Å²) in [5, 5.41) is 3.70. The molecule has 6 heteroatoms. The molecular weight excluding hydrogens is 325 g/mol. The normalized spacial score (nSPS) is 11.0. The second-order valence-electron chi connectivity index (χ2n) is 5.58. The molecule has 0 saturated heterocycles. The van der Waals surface area contributed by atoms with Gasteiger partial charge in [0.1, 0.15) is 15.7 Å². The lowest BCUT2D eigenvalue weighted by Crippen LogP contribution is -2.29. The summed E-state index contributed by atoms with van der Waals surface area (Å²) in [6.45, 7) is 9.79. The molecule has 0 radical (unpaired) electrons. The number of aromatic nitrogens is 1. The topological polar surface area (TPSA) is 45.2 Å². The van der Waals surface area contributed by atoms with Gasteiger partial charge in [-0.25, -0.2) is 9.37 Å². The molecule has 0 fully saturated rings. The van der Waals surface area contributed by atoms with E-state index in [9.17, 15) is 9.18 Å². The number of benzene rings is 1. The van der Waals surface area contributed by atoms with Gasteiger partial charge in [-0.2, -0.15) is 0 Å². The first-order chi connectivity index (χ1) is 11.5. The molecule has 0 aliphatic heterocycles. The molecule has 0 atom stereocenters. The number of aryl methyl sites for hydroxylation is 1. The van der Waals surface area contributed by atoms with Gasteiger partial charge in [0, 0.05) is 12.1 Å². The molecule has 1 aromatic heterocycles. The number of hydrogen-bond acceptors (Lipinski definition) is 4. The van der Waals surface area contributed by atoms with Crippen LogP contribution in [0.15, 0.2) is 24.3 Å². The van der Waals surface area contributed by atoms with E-state index in [-0.39, 0.29) is 11.7 Å². The molecule has 1 amide bonds. The highest BCUT2D eigenvalue weighted by Gasteiger charge is 2.16. The van der Waals surface area contributed by atoms with Crippen molar-refractivity contribution < 1.29 is 9.18 Å². The van der Waals surface area contributed by atoms with Crippen LogP contribution in [-0.2, 0) is 0 Å². The molecule has 0 saturated carbocycles. The smallest absolute Gasteiger partial charge is 0.263 e. The Labute approximate surface area is 146 Å². The van der Waals surface area contributed by atoms with Gasteiger partial charge in [-0.1, -0.05) is 13.8 Å². The van der Waals surface area contributed by atoms with Crippen molar-refractivity contribution in [2.24, 2.45) is 0 Å². The summed E-state index contributed by atoms with van der Waals surface area (Å²) in [6.07, 6.45) is 0.927. The molecule has 2 aromatic rings. The average Bonchev–Trinajstić information content (AvgIpc) is 2.97. The third-order valence-electron chi connectivity index (χ3n) is 3.93. The summed E-state index contributed by atoms with van der Waals surface area (Å²) in [4.78, 5) is 19.7. The number of amides is 1. The summed E-state index contributed by atoms with van der Waals surface area (Å²) in [5.74, 6) is -0.365. The van der Waals surface area contributed by atoms with E-state index in [2.05, 4.69) is 29.0 Å². The van der Waals surface area contributed by atoms with Gasteiger partial charge in [-0.05, 0) is 57.2 Å². The molecule has 1 aromatic carbocycles. The molecule has 0 unspecified atom stereocenters. The first-order valence-corrected chi connectivity index (χ1v) is 9.10. The third kappa shape index (κ3) is 4.85. The van der Waals surface area contributed by atoms with Crippen LogP contribution in [-0.4, -0.2) is 42.0 Å². The van der Waals surface area contributed by atoms with Crippen LogP contribution in [0.1, 0.15) is 35.6 Å². The number of hydrogen-bond donors (Lipinski definition) is 1. The number of nitrogens with zero attached hydrogens (tertiary/aromatic N) is 2. The largest absolute Gasteiger partial charge is 0.351 e. The second kappa shape index (κ2) is 8.89. The Kier molecular flexibility index (Phi) is 6.87. The maximum atomic E-state index is 13.0. The highest BCUT2D eigenvalue weighted by molar-refractivity contribution is 7.17. The molecule has 4 nitrogen and oxygen atoms in total. The first kappa shape index (κ1) is 18.5. The SMILES string of the molecule is CCN(CC)CCCNC(=O)c1sc(-c2ccc(F)cc2)nc1C. The van der Waals surface area contributed by atoms with Crippen LogP contribution in [0.2, 0.25) is 0 Å². The number of halogens is 1. The maximum absolute atomic E-state index is 13.0. The first-order valence-electron chi connectivity index (χ1n) is 8.29. The predicted molar refractivity (Wildman–Crippen MR) is 97.0 cm³/mol. The molecule has 0 aliphatic carbocycles. The van der Waals surface area contributed by atoms with Crippen molar-refractivity contribution >= 4 is 17.2 Å². The van der Waals surface area contributed by atoms with Crippen molar-refractivity contribution in [1.82, 2.24) is 15.2 Å². The van der Waals surface area contributed by atoms with Crippen molar-refractivity contribution in [2.45, 2.75) is 27.2 Å². The monoisotopic (exact) mass is 349 g/mol. The number of thiazole rings is 1. The summed E-state index contributed by atoms with van der Waals surface area (Å²) in [5.41, 5.74) is 1.53. The van der Waals surface area contributed by atoms with E-state index in [1.165, 1.54) is 23.5 Å². The Bertz CT molecular complexity index is 665. The molecule has 1 N–H and O–H groups in total. The lowest BCUT2D eigenvalue weighted by molar-refractivity contribution is 0.0955. The highest BCUT2D eigenvalue weighted by atomic mass is 32.1. The minimum absolute atomic E-state index is 0.0853. The Morgan fingerprint density at radius 3 is 2.54 bits per heavy atom. The Morgan fingerprint density at radius 2 is 1.92 bits per heavy atom. The summed E-state index contributed by atoms with van der Waals surface area (Å²) >= 11 is 1.34. The van der Waals surface area contributed by atoms with Gasteiger partial charge >= 0.3 is 0 Å². The zero-order chi connectivity index (χ0) is 17.5. The second-order valence-corrected chi connectivity index (χ2v) is 6.58. The summed E-state index contributed by atoms with van der Waals surface area (Å²) in [7, 11) is 0. The maximum Gasteiger partial charge on any atom is 0.263 e. The lowest BCUT2D eigenvalue weighted by atomic mass is 10.2. The average molecular weight is 349 g/mol. The predicted octanol–water partition coefficient (Wildman–Crippen LogP) is 3.72. The van der Waals surface area contributed by atoms with Crippen LogP contribution in [0.3, 0.4) is 0 Å². The molecular formula is C18H24FN3OS. The minimum atomic E-state index is -0.279. The van der Waals surface area contributed by atoms with E-state index in [1.807, 2.05) is 6.92 Å². The Balaban J connectivity index is 1.94. The number of rotatable bonds is 8. The van der Waals surface area contributed by atoms with Gasteiger partial charge in [0.25, 0.3) is 5.91 Å². The fraction of sp³-hybridized carbons (Fsp3) is 0.444. The van der Waals surface area contributed by atoms with Crippen molar-refractivity contribution in [3.63, 3.8) is 0 Å². The van der Waals surface area contributed by atoms with E-state index < -0.39 is 0 Å². The van der Waals surface area contributed by atoms with Crippen LogP contribution < -0.4 is 5.32 Å². The molecule has 0 spiro atoms. The Morgan fingerprint density at radius 1 is 1.25 bits per heavy atom. The molecule has 24 heavy (non-hydrogen) atoms. The fourth-order valence-electron chi connectivity index (χ4n) is 2.45. The van der Waals surface area contributed by atoms with Gasteiger partial charge < -0.3 is 10.2 Å². The van der Waals surface area contributed by atoms with Crippen molar-refractivity contribution in [3.05, 3.63) is 40.7 Å². The van der Waals surface area contributed by atoms with Crippen LogP contribution in [0.25, 0.3) is 10.6 Å². The fourth-order valence-corrected chi connectivity index (χ4v) is 3.44. The third-order valence-corrected chi connectivity index (χ3v) is 5.13. The van der Waals surface area contributed by atoms with E-state index in [1.54, 1.807) is 12.1 Å². The zero-order valence-electron chi connectivity index (χ0n) is 14.4. The van der Waals surface area contributed by atoms with Crippen LogP contribution in [0.5, 0.6) is 0 Å². The van der Waals surface area contributed by atoms with Crippen LogP contribution >= 0.6 is 11.3 Å². The molecule has 0 bridgehead atoms. The van der Waals surface area contributed by atoms with Crippen molar-refractivity contribution in [2.75, 3.05) is 26.2 Å². The molecule has 130 valence electrons. The van der Waals surface area contributed by atoms with E-state index in [4.69, 9.17) is 0 Å². The van der Waals surface area contributed by atoms with Gasteiger partial charge in [0.2, 0.25) is 0 Å². The number of carbonyl (C=O) groups excluding carboxylic acids is 1. The highest BCUT2D eigenvalue weighted by Crippen LogP contribution is 2.27. The summed E-state index contributed by atoms with van der Waals surface area (Å²) in [6, 6.07) is 6.16. The van der Waals surface area contributed by atoms with Gasteiger partial charge in [0.05, 0.1) is 5.69 Å². The van der Waals surface area contributed by atoms with Crippen molar-refractivity contribution in [1.29, 1.82) is 0 Å². The zero-order valence-corrected chi connectivity index (χ0v) is 15.3. The number of carbonyl (C=O) groups is 1. The molecule has 2 rings (SSSR count). The molecule has 1 heterocycles. The van der Waals surface area contributed by atoms with E-state index in [0.29, 0.717) is 17.1 Å². The number of nitrogens with one attached hydrogen (secondary N) is 1. The quantitative estimate of drug-likeness (QED) is 0.739. The minimum Gasteiger partial charge on any atom is -0.351 e. The van der Waals surface area contributed by atoms with E-state index in [0.717, 1.165) is 36.6 Å². The van der Waals surface area contributed by atoms with Crippen molar-refractivity contribution in [3.8, 4) is 10.6 Å². The van der Waals surface area contributed by atoms with E-state index >= 15 is 0 Å². The lowest BCUT2D eigenvalue weighted by Gasteiger charge is -2.17. The van der Waals surface area contributed by atoms with Gasteiger partial charge in [0.15, 0.2) is 0 Å².